The summed E-state index contributed by atoms with van der Waals surface area (Å²) in [5.74, 6) is -0.747. The van der Waals surface area contributed by atoms with Gasteiger partial charge in [0.2, 0.25) is 16.0 Å². The first-order chi connectivity index (χ1) is 13.4. The average Bonchev–Trinajstić information content (AvgIpc) is 2.69. The fourth-order valence-corrected chi connectivity index (χ4v) is 4.13. The van der Waals surface area contributed by atoms with Gasteiger partial charge >= 0.3 is 0 Å². The van der Waals surface area contributed by atoms with Crippen LogP contribution >= 0.6 is 0 Å². The highest BCUT2D eigenvalue weighted by molar-refractivity contribution is 7.89. The van der Waals surface area contributed by atoms with Crippen LogP contribution in [-0.2, 0) is 10.0 Å². The van der Waals surface area contributed by atoms with Crippen molar-refractivity contribution in [3.63, 3.8) is 0 Å². The number of halogens is 1. The molecule has 1 fully saturated rings. The van der Waals surface area contributed by atoms with Crippen LogP contribution in [0.15, 0.2) is 41.6 Å². The fraction of sp³-hybridized carbons (Fsp3) is 0.389. The molecule has 2 aromatic rings. The number of piperidine rings is 1. The second-order valence-corrected chi connectivity index (χ2v) is 8.19. The van der Waals surface area contributed by atoms with Gasteiger partial charge in [0.25, 0.3) is 5.91 Å². The van der Waals surface area contributed by atoms with E-state index in [1.165, 1.54) is 0 Å². The maximum atomic E-state index is 14.1. The van der Waals surface area contributed by atoms with Gasteiger partial charge in [-0.2, -0.15) is 0 Å². The summed E-state index contributed by atoms with van der Waals surface area (Å²) in [6.45, 7) is 3.16. The van der Waals surface area contributed by atoms with Crippen molar-refractivity contribution in [1.29, 1.82) is 0 Å². The molecule has 2 heterocycles. The third kappa shape index (κ3) is 4.63. The topological polar surface area (TPSA) is 104 Å². The lowest BCUT2D eigenvalue weighted by atomic mass is 10.0. The van der Waals surface area contributed by atoms with Crippen molar-refractivity contribution in [1.82, 2.24) is 20.0 Å². The van der Waals surface area contributed by atoms with E-state index >= 15 is 0 Å². The smallest absolute Gasteiger partial charge is 0.254 e. The predicted octanol–water partition coefficient (Wildman–Crippen LogP) is 1.31. The molecule has 0 unspecified atom stereocenters. The highest BCUT2D eigenvalue weighted by Crippen LogP contribution is 2.18. The van der Waals surface area contributed by atoms with Crippen LogP contribution in [0, 0.1) is 5.82 Å². The van der Waals surface area contributed by atoms with Gasteiger partial charge in [0.1, 0.15) is 5.82 Å². The summed E-state index contributed by atoms with van der Waals surface area (Å²) in [5, 5.41) is 2.80. The van der Waals surface area contributed by atoms with Crippen LogP contribution in [0.5, 0.6) is 0 Å². The molecule has 0 spiro atoms. The number of rotatable bonds is 6. The summed E-state index contributed by atoms with van der Waals surface area (Å²) in [6, 6.07) is 4.81. The summed E-state index contributed by atoms with van der Waals surface area (Å²) < 4.78 is 40.7. The molecule has 150 valence electrons. The third-order valence-corrected chi connectivity index (χ3v) is 6.04. The molecule has 0 atom stereocenters. The second-order valence-electron chi connectivity index (χ2n) is 6.43. The van der Waals surface area contributed by atoms with Crippen LogP contribution in [0.2, 0.25) is 0 Å². The molecule has 1 aliphatic rings. The van der Waals surface area contributed by atoms with Gasteiger partial charge in [-0.1, -0.05) is 6.92 Å². The molecule has 0 saturated carbocycles. The zero-order chi connectivity index (χ0) is 20.1. The number of hydrogen-bond acceptors (Lipinski definition) is 6. The van der Waals surface area contributed by atoms with E-state index in [1.54, 1.807) is 25.4 Å². The number of anilines is 1. The monoisotopic (exact) mass is 407 g/mol. The number of benzene rings is 1. The molecule has 0 radical (unpaired) electrons. The quantitative estimate of drug-likeness (QED) is 0.748. The maximum absolute atomic E-state index is 14.1. The molecule has 1 saturated heterocycles. The molecule has 0 bridgehead atoms. The zero-order valence-corrected chi connectivity index (χ0v) is 16.2. The molecular formula is C18H22FN5O3S. The number of amides is 1. The van der Waals surface area contributed by atoms with E-state index in [-0.39, 0.29) is 23.0 Å². The molecule has 1 aromatic heterocycles. The summed E-state index contributed by atoms with van der Waals surface area (Å²) in [6.07, 6.45) is 4.66. The van der Waals surface area contributed by atoms with Crippen molar-refractivity contribution < 1.29 is 17.6 Å². The van der Waals surface area contributed by atoms with E-state index < -0.39 is 21.7 Å². The van der Waals surface area contributed by atoms with Crippen LogP contribution < -0.4 is 14.9 Å². The minimum Gasteiger partial charge on any atom is -0.349 e. The lowest BCUT2D eigenvalue weighted by Gasteiger charge is -2.32. The Morgan fingerprint density at radius 1 is 1.25 bits per heavy atom. The van der Waals surface area contributed by atoms with Gasteiger partial charge in [-0.15, -0.1) is 0 Å². The predicted molar refractivity (Wildman–Crippen MR) is 102 cm³/mol. The summed E-state index contributed by atoms with van der Waals surface area (Å²) in [4.78, 5) is 22.8. The Morgan fingerprint density at radius 3 is 2.57 bits per heavy atom. The number of carbonyl (C=O) groups is 1. The molecule has 1 aromatic carbocycles. The van der Waals surface area contributed by atoms with Crippen molar-refractivity contribution in [2.45, 2.75) is 30.7 Å². The minimum absolute atomic E-state index is 0.138. The van der Waals surface area contributed by atoms with E-state index in [4.69, 9.17) is 0 Å². The zero-order valence-electron chi connectivity index (χ0n) is 15.4. The average molecular weight is 407 g/mol. The highest BCUT2D eigenvalue weighted by Gasteiger charge is 2.24. The largest absolute Gasteiger partial charge is 0.349 e. The van der Waals surface area contributed by atoms with Crippen LogP contribution in [0.3, 0.4) is 0 Å². The Bertz CT molecular complexity index is 931. The molecule has 8 nitrogen and oxygen atoms in total. The van der Waals surface area contributed by atoms with Gasteiger partial charge in [0, 0.05) is 38.1 Å². The Morgan fingerprint density at radius 2 is 1.93 bits per heavy atom. The second kappa shape index (κ2) is 8.61. The lowest BCUT2D eigenvalue weighted by Crippen LogP contribution is -2.45. The van der Waals surface area contributed by atoms with Crippen molar-refractivity contribution in [2.24, 2.45) is 0 Å². The standard InChI is InChI=1S/C18H22FN5O3S/c1-2-22-28(26,27)14-4-5-16(19)15(12-14)17(25)23-13-6-10-24(11-7-13)18-20-8-3-9-21-18/h3-5,8-9,12-13,22H,2,6-7,10-11H2,1H3,(H,23,25). The summed E-state index contributed by atoms with van der Waals surface area (Å²) in [7, 11) is -3.77. The molecule has 3 rings (SSSR count). The van der Waals surface area contributed by atoms with E-state index in [9.17, 15) is 17.6 Å². The van der Waals surface area contributed by atoms with Crippen molar-refractivity contribution >= 4 is 21.9 Å². The Kier molecular flexibility index (Phi) is 6.20. The molecule has 0 aliphatic carbocycles. The molecule has 1 aliphatic heterocycles. The van der Waals surface area contributed by atoms with Crippen molar-refractivity contribution in [3.8, 4) is 0 Å². The van der Waals surface area contributed by atoms with E-state index in [2.05, 4.69) is 20.0 Å². The highest BCUT2D eigenvalue weighted by atomic mass is 32.2. The molecule has 28 heavy (non-hydrogen) atoms. The number of carbonyl (C=O) groups excluding carboxylic acids is 1. The normalized spacial score (nSPS) is 15.4. The Labute approximate surface area is 163 Å². The fourth-order valence-electron chi connectivity index (χ4n) is 3.06. The van der Waals surface area contributed by atoms with Crippen molar-refractivity contribution in [2.75, 3.05) is 24.5 Å². The molecular weight excluding hydrogens is 385 g/mol. The SMILES string of the molecule is CCNS(=O)(=O)c1ccc(F)c(C(=O)NC2CCN(c3ncccn3)CC2)c1. The molecule has 10 heteroatoms. The van der Waals surface area contributed by atoms with Gasteiger partial charge in [0.15, 0.2) is 0 Å². The Balaban J connectivity index is 1.65. The third-order valence-electron chi connectivity index (χ3n) is 4.49. The van der Waals surface area contributed by atoms with Crippen LogP contribution in [0.1, 0.15) is 30.1 Å². The first-order valence-corrected chi connectivity index (χ1v) is 10.5. The van der Waals surface area contributed by atoms with Gasteiger partial charge in [-0.05, 0) is 37.1 Å². The number of nitrogens with zero attached hydrogens (tertiary/aromatic N) is 3. The maximum Gasteiger partial charge on any atom is 0.254 e. The summed E-state index contributed by atoms with van der Waals surface area (Å²) in [5.41, 5.74) is -0.284. The van der Waals surface area contributed by atoms with Gasteiger partial charge in [-0.25, -0.2) is 27.5 Å². The molecule has 1 amide bonds. The minimum atomic E-state index is -3.77. The van der Waals surface area contributed by atoms with Gasteiger partial charge in [0.05, 0.1) is 10.5 Å². The summed E-state index contributed by atoms with van der Waals surface area (Å²) >= 11 is 0. The number of nitrogens with one attached hydrogen (secondary N) is 2. The number of aromatic nitrogens is 2. The number of hydrogen-bond donors (Lipinski definition) is 2. The van der Waals surface area contributed by atoms with Crippen LogP contribution in [0.25, 0.3) is 0 Å². The first-order valence-electron chi connectivity index (χ1n) is 9.02. The molecule has 2 N–H and O–H groups in total. The van der Waals surface area contributed by atoms with E-state index in [0.717, 1.165) is 18.2 Å². The van der Waals surface area contributed by atoms with Crippen LogP contribution in [-0.4, -0.2) is 50.0 Å². The lowest BCUT2D eigenvalue weighted by molar-refractivity contribution is 0.0926. The Hall–Kier alpha value is -2.59. The number of sulfonamides is 1. The van der Waals surface area contributed by atoms with Crippen LogP contribution in [0.4, 0.5) is 10.3 Å². The van der Waals surface area contributed by atoms with E-state index in [1.807, 2.05) is 4.90 Å². The van der Waals surface area contributed by atoms with E-state index in [0.29, 0.717) is 31.9 Å². The van der Waals surface area contributed by atoms with Gasteiger partial charge < -0.3 is 10.2 Å². The first kappa shape index (κ1) is 20.2. The van der Waals surface area contributed by atoms with Crippen molar-refractivity contribution in [3.05, 3.63) is 48.0 Å². The van der Waals surface area contributed by atoms with Gasteiger partial charge in [-0.3, -0.25) is 4.79 Å².